The van der Waals surface area contributed by atoms with Crippen LogP contribution in [0.1, 0.15) is 54.1 Å². The highest BCUT2D eigenvalue weighted by Gasteiger charge is 2.25. The van der Waals surface area contributed by atoms with Gasteiger partial charge in [-0.05, 0) is 55.3 Å². The molecule has 1 aliphatic rings. The average molecular weight is 548 g/mol. The molecule has 0 aliphatic carbocycles. The van der Waals surface area contributed by atoms with Crippen LogP contribution in [-0.2, 0) is 0 Å². The van der Waals surface area contributed by atoms with Gasteiger partial charge in [-0.3, -0.25) is 4.79 Å². The Bertz CT molecular complexity index is 1120. The first-order valence-electron chi connectivity index (χ1n) is 14.2. The van der Waals surface area contributed by atoms with Gasteiger partial charge in [0.05, 0.1) is 5.02 Å². The lowest BCUT2D eigenvalue weighted by molar-refractivity contribution is 0.0779. The first-order chi connectivity index (χ1) is 19.0. The number of benzene rings is 3. The third-order valence-electron chi connectivity index (χ3n) is 7.84. The molecule has 0 spiro atoms. The van der Waals surface area contributed by atoms with Crippen molar-refractivity contribution in [2.45, 2.75) is 38.7 Å². The fourth-order valence-corrected chi connectivity index (χ4v) is 5.53. The minimum Gasteiger partial charge on any atom is -0.489 e. The third-order valence-corrected chi connectivity index (χ3v) is 8.14. The number of ether oxygens (including phenoxy) is 1. The number of nitrogens with zero attached hydrogens (tertiary/aromatic N) is 3. The summed E-state index contributed by atoms with van der Waals surface area (Å²) in [5.74, 6) is 0.980. The summed E-state index contributed by atoms with van der Waals surface area (Å²) < 4.78 is 6.32. The van der Waals surface area contributed by atoms with Crippen LogP contribution in [0.4, 0.5) is 0 Å². The van der Waals surface area contributed by atoms with E-state index in [1.807, 2.05) is 19.2 Å². The summed E-state index contributed by atoms with van der Waals surface area (Å²) in [6, 6.07) is 27.0. The van der Waals surface area contributed by atoms with Crippen LogP contribution in [0.2, 0.25) is 5.02 Å². The maximum atomic E-state index is 12.9. The second kappa shape index (κ2) is 14.5. The molecular formula is C33H42ClN3O2. The van der Waals surface area contributed by atoms with E-state index in [0.717, 1.165) is 52.1 Å². The lowest BCUT2D eigenvalue weighted by atomic mass is 9.90. The van der Waals surface area contributed by atoms with E-state index in [9.17, 15) is 4.79 Å². The Morgan fingerprint density at radius 2 is 1.51 bits per heavy atom. The van der Waals surface area contributed by atoms with Gasteiger partial charge in [0.15, 0.2) is 0 Å². The predicted octanol–water partition coefficient (Wildman–Crippen LogP) is 6.43. The molecular weight excluding hydrogens is 506 g/mol. The zero-order chi connectivity index (χ0) is 27.6. The molecule has 0 saturated carbocycles. The molecule has 0 N–H and O–H groups in total. The van der Waals surface area contributed by atoms with Gasteiger partial charge in [-0.2, -0.15) is 0 Å². The molecule has 1 saturated heterocycles. The highest BCUT2D eigenvalue weighted by Crippen LogP contribution is 2.30. The molecule has 1 heterocycles. The summed E-state index contributed by atoms with van der Waals surface area (Å²) in [5, 5.41) is 0.494. The molecule has 3 aromatic rings. The Kier molecular flexibility index (Phi) is 10.8. The number of likely N-dealkylation sites (tertiary alicyclic amines) is 1. The highest BCUT2D eigenvalue weighted by molar-refractivity contribution is 6.32. The lowest BCUT2D eigenvalue weighted by Gasteiger charge is -2.35. The normalized spacial score (nSPS) is 14.6. The van der Waals surface area contributed by atoms with E-state index in [1.54, 1.807) is 11.0 Å². The molecule has 0 bridgehead atoms. The molecule has 5 nitrogen and oxygen atoms in total. The van der Waals surface area contributed by atoms with Gasteiger partial charge in [0.25, 0.3) is 5.91 Å². The largest absolute Gasteiger partial charge is 0.489 e. The maximum Gasteiger partial charge on any atom is 0.253 e. The van der Waals surface area contributed by atoms with Crippen LogP contribution in [0.5, 0.6) is 5.75 Å². The Hall–Kier alpha value is -2.86. The maximum absolute atomic E-state index is 12.9. The van der Waals surface area contributed by atoms with Crippen LogP contribution in [0.15, 0.2) is 78.9 Å². The van der Waals surface area contributed by atoms with Crippen molar-refractivity contribution >= 4 is 17.5 Å². The van der Waals surface area contributed by atoms with Crippen molar-refractivity contribution in [2.75, 3.05) is 52.9 Å². The number of likely N-dealkylation sites (N-methyl/N-ethyl adjacent to an activating group) is 2. The van der Waals surface area contributed by atoms with E-state index >= 15 is 0 Å². The number of carbonyl (C=O) groups is 1. The summed E-state index contributed by atoms with van der Waals surface area (Å²) in [6.45, 7) is 10.7. The molecule has 0 radical (unpaired) electrons. The van der Waals surface area contributed by atoms with Crippen molar-refractivity contribution in [2.24, 2.45) is 0 Å². The van der Waals surface area contributed by atoms with Crippen LogP contribution in [0, 0.1) is 0 Å². The van der Waals surface area contributed by atoms with Gasteiger partial charge in [-0.15, -0.1) is 0 Å². The number of halogens is 1. The van der Waals surface area contributed by atoms with E-state index < -0.39 is 0 Å². The van der Waals surface area contributed by atoms with Gasteiger partial charge in [0.1, 0.15) is 11.9 Å². The second-order valence-corrected chi connectivity index (χ2v) is 10.8. The molecule has 1 aliphatic heterocycles. The van der Waals surface area contributed by atoms with Crippen LogP contribution >= 0.6 is 11.6 Å². The van der Waals surface area contributed by atoms with Crippen molar-refractivity contribution in [1.29, 1.82) is 0 Å². The van der Waals surface area contributed by atoms with Crippen LogP contribution in [-0.4, -0.2) is 79.6 Å². The fraction of sp³-hybridized carbons (Fsp3) is 0.424. The Morgan fingerprint density at radius 1 is 0.923 bits per heavy atom. The number of carbonyl (C=O) groups excluding carboxylic acids is 1. The Labute approximate surface area is 239 Å². The molecule has 0 unspecified atom stereocenters. The minimum atomic E-state index is -0.0182. The molecule has 208 valence electrons. The summed E-state index contributed by atoms with van der Waals surface area (Å²) >= 11 is 6.59. The van der Waals surface area contributed by atoms with E-state index in [0.29, 0.717) is 28.8 Å². The molecule has 6 heteroatoms. The molecule has 3 aromatic carbocycles. The summed E-state index contributed by atoms with van der Waals surface area (Å²) in [6.07, 6.45) is 2.01. The quantitative estimate of drug-likeness (QED) is 0.262. The minimum absolute atomic E-state index is 0.0182. The predicted molar refractivity (Wildman–Crippen MR) is 161 cm³/mol. The van der Waals surface area contributed by atoms with Crippen molar-refractivity contribution in [3.8, 4) is 5.75 Å². The molecule has 0 aromatic heterocycles. The fourth-order valence-electron chi connectivity index (χ4n) is 5.30. The van der Waals surface area contributed by atoms with Gasteiger partial charge >= 0.3 is 0 Å². The molecule has 1 amide bonds. The van der Waals surface area contributed by atoms with Crippen molar-refractivity contribution in [3.63, 3.8) is 0 Å². The number of hydrogen-bond acceptors (Lipinski definition) is 4. The SMILES string of the molecule is CCN(CC)CCN(C)C(=O)c1ccc(OC2CCN(CC(c3ccccc3)c3ccccc3)CC2)c(Cl)c1. The van der Waals surface area contributed by atoms with Crippen LogP contribution in [0.3, 0.4) is 0 Å². The average Bonchev–Trinajstić information content (AvgIpc) is 2.98. The smallest absolute Gasteiger partial charge is 0.253 e. The Balaban J connectivity index is 1.31. The Morgan fingerprint density at radius 3 is 2.05 bits per heavy atom. The van der Waals surface area contributed by atoms with E-state index in [2.05, 4.69) is 84.3 Å². The third kappa shape index (κ3) is 8.07. The van der Waals surface area contributed by atoms with Crippen molar-refractivity contribution in [3.05, 3.63) is 101 Å². The van der Waals surface area contributed by atoms with Gasteiger partial charge in [0.2, 0.25) is 0 Å². The van der Waals surface area contributed by atoms with Crippen molar-refractivity contribution < 1.29 is 9.53 Å². The summed E-state index contributed by atoms with van der Waals surface area (Å²) in [5.41, 5.74) is 3.29. The monoisotopic (exact) mass is 547 g/mol. The van der Waals surface area contributed by atoms with Gasteiger partial charge < -0.3 is 19.4 Å². The molecule has 39 heavy (non-hydrogen) atoms. The number of rotatable bonds is 12. The zero-order valence-corrected chi connectivity index (χ0v) is 24.3. The van der Waals surface area contributed by atoms with Crippen LogP contribution in [0.25, 0.3) is 0 Å². The van der Waals surface area contributed by atoms with Gasteiger partial charge in [-0.1, -0.05) is 86.1 Å². The second-order valence-electron chi connectivity index (χ2n) is 10.4. The lowest BCUT2D eigenvalue weighted by Crippen LogP contribution is -2.40. The molecule has 0 atom stereocenters. The van der Waals surface area contributed by atoms with E-state index in [1.165, 1.54) is 11.1 Å². The van der Waals surface area contributed by atoms with E-state index in [4.69, 9.17) is 16.3 Å². The topological polar surface area (TPSA) is 36.0 Å². The van der Waals surface area contributed by atoms with E-state index in [-0.39, 0.29) is 12.0 Å². The first kappa shape index (κ1) is 29.1. The standard InChI is InChI=1S/C33H42ClN3O2/c1-4-36(5-2)23-22-35(3)33(38)28-16-17-32(31(34)24-28)39-29-18-20-37(21-19-29)25-30(26-12-8-6-9-13-26)27-14-10-7-11-15-27/h6-17,24,29-30H,4-5,18-23,25H2,1-3H3. The number of hydrogen-bond donors (Lipinski definition) is 0. The summed E-state index contributed by atoms with van der Waals surface area (Å²) in [4.78, 5) is 19.5. The highest BCUT2D eigenvalue weighted by atomic mass is 35.5. The number of amides is 1. The molecule has 1 fully saturated rings. The first-order valence-corrected chi connectivity index (χ1v) is 14.6. The van der Waals surface area contributed by atoms with Gasteiger partial charge in [0, 0.05) is 51.3 Å². The van der Waals surface area contributed by atoms with Crippen LogP contribution < -0.4 is 4.74 Å². The number of piperidine rings is 1. The van der Waals surface area contributed by atoms with Gasteiger partial charge in [-0.25, -0.2) is 0 Å². The van der Waals surface area contributed by atoms with Crippen molar-refractivity contribution in [1.82, 2.24) is 14.7 Å². The summed E-state index contributed by atoms with van der Waals surface area (Å²) in [7, 11) is 1.85. The molecule has 4 rings (SSSR count). The zero-order valence-electron chi connectivity index (χ0n) is 23.6.